The lowest BCUT2D eigenvalue weighted by Crippen LogP contribution is -2.48. The van der Waals surface area contributed by atoms with Gasteiger partial charge in [-0.15, -0.1) is 0 Å². The van der Waals surface area contributed by atoms with Gasteiger partial charge in [-0.3, -0.25) is 4.90 Å². The van der Waals surface area contributed by atoms with Crippen molar-refractivity contribution in [1.29, 1.82) is 0 Å². The molecule has 2 aromatic rings. The number of hydrogen-bond donors (Lipinski definition) is 1. The van der Waals surface area contributed by atoms with E-state index in [2.05, 4.69) is 51.9 Å². The fourth-order valence-corrected chi connectivity index (χ4v) is 3.99. The van der Waals surface area contributed by atoms with Crippen molar-refractivity contribution in [2.24, 2.45) is 7.05 Å². The van der Waals surface area contributed by atoms with Crippen molar-refractivity contribution in [2.75, 3.05) is 33.4 Å². The first-order valence-corrected chi connectivity index (χ1v) is 9.40. The minimum Gasteiger partial charge on any atom is -0.493 e. The molecule has 0 bridgehead atoms. The Morgan fingerprint density at radius 1 is 1.31 bits per heavy atom. The normalized spacial score (nSPS) is 24.3. The fraction of sp³-hybridized carbons (Fsp3) is 0.550. The van der Waals surface area contributed by atoms with Gasteiger partial charge in [-0.25, -0.2) is 4.98 Å². The summed E-state index contributed by atoms with van der Waals surface area (Å²) in [5.74, 6) is 1.04. The van der Waals surface area contributed by atoms with Crippen molar-refractivity contribution >= 4 is 0 Å². The first-order chi connectivity index (χ1) is 12.6. The maximum atomic E-state index is 6.13. The summed E-state index contributed by atoms with van der Waals surface area (Å²) in [6.45, 7) is 5.52. The predicted octanol–water partition coefficient (Wildman–Crippen LogP) is 2.08. The Hall–Kier alpha value is -1.89. The second-order valence-electron chi connectivity index (χ2n) is 7.36. The van der Waals surface area contributed by atoms with E-state index in [0.717, 1.165) is 38.5 Å². The number of hydrogen-bond acceptors (Lipinski definition) is 5. The van der Waals surface area contributed by atoms with Crippen LogP contribution in [-0.2, 0) is 18.2 Å². The first kappa shape index (κ1) is 17.5. The maximum Gasteiger partial charge on any atom is 0.122 e. The molecular formula is C20H28N4O2. The molecule has 6 heteroatoms. The van der Waals surface area contributed by atoms with Crippen molar-refractivity contribution in [3.05, 3.63) is 47.5 Å². The summed E-state index contributed by atoms with van der Waals surface area (Å²) in [6.07, 6.45) is 4.92. The van der Waals surface area contributed by atoms with Crippen LogP contribution in [0.5, 0.6) is 5.75 Å². The number of nitrogens with zero attached hydrogens (tertiary/aromatic N) is 3. The lowest BCUT2D eigenvalue weighted by atomic mass is 10.0. The zero-order valence-electron chi connectivity index (χ0n) is 15.8. The van der Waals surface area contributed by atoms with Gasteiger partial charge < -0.3 is 19.4 Å². The summed E-state index contributed by atoms with van der Waals surface area (Å²) in [7, 11) is 4.21. The molecule has 6 nitrogen and oxygen atoms in total. The fourth-order valence-electron chi connectivity index (χ4n) is 3.99. The summed E-state index contributed by atoms with van der Waals surface area (Å²) in [4.78, 5) is 6.66. The van der Waals surface area contributed by atoms with Gasteiger partial charge in [0.15, 0.2) is 0 Å². The summed E-state index contributed by atoms with van der Waals surface area (Å²) in [5.41, 5.74) is 3.81. The molecule has 3 heterocycles. The number of morpholine rings is 1. The Morgan fingerprint density at radius 3 is 3.00 bits per heavy atom. The van der Waals surface area contributed by atoms with Gasteiger partial charge in [0.25, 0.3) is 0 Å². The number of likely N-dealkylation sites (N-methyl/N-ethyl adjacent to an activating group) is 1. The molecule has 1 saturated heterocycles. The van der Waals surface area contributed by atoms with E-state index in [4.69, 9.17) is 9.47 Å². The van der Waals surface area contributed by atoms with Crippen LogP contribution >= 0.6 is 0 Å². The molecule has 26 heavy (non-hydrogen) atoms. The third-order valence-electron chi connectivity index (χ3n) is 5.60. The molecule has 1 unspecified atom stereocenters. The number of fused-ring (bicyclic) bond motifs is 1. The Morgan fingerprint density at radius 2 is 2.19 bits per heavy atom. The van der Waals surface area contributed by atoms with E-state index in [1.807, 2.05) is 19.6 Å². The molecule has 3 atom stereocenters. The maximum absolute atomic E-state index is 6.13. The molecular weight excluding hydrogens is 328 g/mol. The van der Waals surface area contributed by atoms with Crippen molar-refractivity contribution in [3.8, 4) is 5.75 Å². The molecule has 0 radical (unpaired) electrons. The van der Waals surface area contributed by atoms with Gasteiger partial charge in [-0.1, -0.05) is 12.1 Å². The summed E-state index contributed by atoms with van der Waals surface area (Å²) in [5, 5.41) is 3.67. The average Bonchev–Trinajstić information content (AvgIpc) is 3.27. The number of aromatic nitrogens is 2. The summed E-state index contributed by atoms with van der Waals surface area (Å²) >= 11 is 0. The quantitative estimate of drug-likeness (QED) is 0.889. The highest BCUT2D eigenvalue weighted by Crippen LogP contribution is 2.30. The largest absolute Gasteiger partial charge is 0.493 e. The number of ether oxygens (including phenoxy) is 2. The molecule has 0 saturated carbocycles. The minimum atomic E-state index is 0.101. The highest BCUT2D eigenvalue weighted by molar-refractivity contribution is 5.40. The topological polar surface area (TPSA) is 51.5 Å². The second kappa shape index (κ2) is 7.39. The minimum absolute atomic E-state index is 0.101. The molecule has 0 aliphatic carbocycles. The van der Waals surface area contributed by atoms with Crippen molar-refractivity contribution < 1.29 is 9.47 Å². The van der Waals surface area contributed by atoms with E-state index in [0.29, 0.717) is 0 Å². The van der Waals surface area contributed by atoms with Gasteiger partial charge in [0.1, 0.15) is 5.75 Å². The summed E-state index contributed by atoms with van der Waals surface area (Å²) < 4.78 is 13.8. The molecule has 0 amide bonds. The van der Waals surface area contributed by atoms with Gasteiger partial charge in [-0.05, 0) is 31.2 Å². The third kappa shape index (κ3) is 3.37. The van der Waals surface area contributed by atoms with Crippen LogP contribution in [0.1, 0.15) is 35.8 Å². The van der Waals surface area contributed by atoms with E-state index < -0.39 is 0 Å². The molecule has 2 aliphatic heterocycles. The number of imidazole rings is 1. The van der Waals surface area contributed by atoms with Gasteiger partial charge >= 0.3 is 0 Å². The van der Waals surface area contributed by atoms with Gasteiger partial charge in [-0.2, -0.15) is 0 Å². The SMILES string of the molecule is CC(NC[C@@H]1OCCN(C)[C@H]1c1cncn1C)c1ccc2c(c1)CCO2. The molecule has 1 N–H and O–H groups in total. The molecule has 140 valence electrons. The van der Waals surface area contributed by atoms with E-state index >= 15 is 0 Å². The number of rotatable bonds is 5. The lowest BCUT2D eigenvalue weighted by molar-refractivity contribution is -0.0643. The molecule has 0 spiro atoms. The zero-order valence-corrected chi connectivity index (χ0v) is 15.8. The molecule has 4 rings (SSSR count). The van der Waals surface area contributed by atoms with Crippen LogP contribution in [0.3, 0.4) is 0 Å². The van der Waals surface area contributed by atoms with Crippen LogP contribution in [0.2, 0.25) is 0 Å². The van der Waals surface area contributed by atoms with Crippen LogP contribution in [-0.4, -0.2) is 53.9 Å². The highest BCUT2D eigenvalue weighted by atomic mass is 16.5. The van der Waals surface area contributed by atoms with Crippen LogP contribution in [0.25, 0.3) is 0 Å². The standard InChI is InChI=1S/C20H28N4O2/c1-14(15-4-5-18-16(10-15)6-8-25-18)22-12-19-20(23(2)7-9-26-19)17-11-21-13-24(17)3/h4-5,10-11,13-14,19-20,22H,6-9,12H2,1-3H3/t14?,19-,20-/m0/s1. The van der Waals surface area contributed by atoms with Gasteiger partial charge in [0.05, 0.1) is 37.4 Å². The van der Waals surface area contributed by atoms with Gasteiger partial charge in [0, 0.05) is 38.8 Å². The number of aryl methyl sites for hydroxylation is 1. The monoisotopic (exact) mass is 356 g/mol. The molecule has 1 aromatic carbocycles. The highest BCUT2D eigenvalue weighted by Gasteiger charge is 2.33. The van der Waals surface area contributed by atoms with Gasteiger partial charge in [0.2, 0.25) is 0 Å². The van der Waals surface area contributed by atoms with Crippen LogP contribution in [0.15, 0.2) is 30.7 Å². The summed E-state index contributed by atoms with van der Waals surface area (Å²) in [6, 6.07) is 7.01. The smallest absolute Gasteiger partial charge is 0.122 e. The van der Waals surface area contributed by atoms with Crippen molar-refractivity contribution in [1.82, 2.24) is 19.8 Å². The van der Waals surface area contributed by atoms with E-state index in [1.165, 1.54) is 16.8 Å². The van der Waals surface area contributed by atoms with Crippen molar-refractivity contribution in [3.63, 3.8) is 0 Å². The first-order valence-electron chi connectivity index (χ1n) is 9.40. The molecule has 1 aromatic heterocycles. The third-order valence-corrected chi connectivity index (χ3v) is 5.60. The Bertz CT molecular complexity index is 760. The molecule has 2 aliphatic rings. The van der Waals surface area contributed by atoms with Crippen LogP contribution in [0, 0.1) is 0 Å². The number of benzene rings is 1. The Kier molecular flexibility index (Phi) is 4.98. The van der Waals surface area contributed by atoms with E-state index in [-0.39, 0.29) is 18.2 Å². The van der Waals surface area contributed by atoms with Crippen molar-refractivity contribution in [2.45, 2.75) is 31.5 Å². The Labute approximate surface area is 155 Å². The second-order valence-corrected chi connectivity index (χ2v) is 7.36. The van der Waals surface area contributed by atoms with Crippen LogP contribution in [0.4, 0.5) is 0 Å². The number of nitrogens with one attached hydrogen (secondary N) is 1. The predicted molar refractivity (Wildman–Crippen MR) is 100 cm³/mol. The molecule has 1 fully saturated rings. The van der Waals surface area contributed by atoms with E-state index in [9.17, 15) is 0 Å². The van der Waals surface area contributed by atoms with Crippen LogP contribution < -0.4 is 10.1 Å². The average molecular weight is 356 g/mol. The Balaban J connectivity index is 1.44. The lowest BCUT2D eigenvalue weighted by Gasteiger charge is -2.39. The zero-order chi connectivity index (χ0) is 18.1. The van der Waals surface area contributed by atoms with E-state index in [1.54, 1.807) is 0 Å².